The van der Waals surface area contributed by atoms with E-state index in [9.17, 15) is 4.39 Å². The van der Waals surface area contributed by atoms with Gasteiger partial charge in [-0.1, -0.05) is 18.2 Å². The van der Waals surface area contributed by atoms with E-state index in [0.29, 0.717) is 6.42 Å². The molecule has 0 amide bonds. The van der Waals surface area contributed by atoms with Crippen molar-refractivity contribution in [1.82, 2.24) is 0 Å². The molecule has 1 atom stereocenters. The van der Waals surface area contributed by atoms with Crippen molar-refractivity contribution in [2.45, 2.75) is 26.1 Å². The van der Waals surface area contributed by atoms with E-state index in [1.807, 2.05) is 25.1 Å². The van der Waals surface area contributed by atoms with Gasteiger partial charge in [-0.25, -0.2) is 4.39 Å². The monoisotopic (exact) mass is 178 g/mol. The quantitative estimate of drug-likeness (QED) is 0.597. The second-order valence-corrected chi connectivity index (χ2v) is 3.47. The largest absolute Gasteiger partial charge is 0.341 e. The molecule has 2 heteroatoms. The number of rotatable bonds is 1. The molecule has 0 spiro atoms. The van der Waals surface area contributed by atoms with Crippen LogP contribution in [0.15, 0.2) is 18.2 Å². The van der Waals surface area contributed by atoms with E-state index >= 15 is 0 Å². The van der Waals surface area contributed by atoms with Crippen molar-refractivity contribution in [3.63, 3.8) is 0 Å². The van der Waals surface area contributed by atoms with Gasteiger partial charge in [-0.3, -0.25) is 0 Å². The molecule has 0 aliphatic carbocycles. The first-order valence-corrected chi connectivity index (χ1v) is 4.67. The Bertz CT molecular complexity index is 298. The number of alkyl halides is 1. The van der Waals surface area contributed by atoms with Crippen LogP contribution in [0.2, 0.25) is 0 Å². The minimum Gasteiger partial charge on any atom is -0.341 e. The van der Waals surface area contributed by atoms with Gasteiger partial charge in [0.05, 0.1) is 0 Å². The number of anilines is 1. The van der Waals surface area contributed by atoms with Gasteiger partial charge in [-0.15, -0.1) is 0 Å². The first-order valence-electron chi connectivity index (χ1n) is 4.67. The van der Waals surface area contributed by atoms with Crippen LogP contribution in [0.4, 0.5) is 10.1 Å². The van der Waals surface area contributed by atoms with Crippen LogP contribution in [0.5, 0.6) is 0 Å². The van der Waals surface area contributed by atoms with Gasteiger partial charge in [-0.05, 0) is 25.3 Å². The van der Waals surface area contributed by atoms with Crippen molar-refractivity contribution < 1.29 is 4.39 Å². The van der Waals surface area contributed by atoms with E-state index in [4.69, 9.17) is 0 Å². The molecule has 13 heavy (non-hydrogen) atoms. The first kappa shape index (κ1) is 8.54. The van der Waals surface area contributed by atoms with Crippen molar-refractivity contribution >= 4 is 5.69 Å². The molecule has 0 saturated carbocycles. The molecule has 69 valence electrons. The average Bonchev–Trinajstić information content (AvgIpc) is 2.52. The van der Waals surface area contributed by atoms with Gasteiger partial charge in [0.25, 0.3) is 0 Å². The van der Waals surface area contributed by atoms with E-state index < -0.39 is 6.30 Å². The van der Waals surface area contributed by atoms with Crippen LogP contribution < -0.4 is 4.90 Å². The molecule has 1 aromatic carbocycles. The maximum atomic E-state index is 13.4. The molecule has 1 nitrogen and oxygen atoms in total. The molecule has 1 fully saturated rings. The molecule has 0 bridgehead atoms. The molecule has 1 unspecified atom stereocenters. The number of hydrogen-bond donors (Lipinski definition) is 0. The molecule has 1 aliphatic heterocycles. The van der Waals surface area contributed by atoms with Gasteiger partial charge in [0, 0.05) is 18.3 Å². The number of hydrogen-bond acceptors (Lipinski definition) is 1. The highest BCUT2D eigenvalue weighted by Gasteiger charge is 2.24. The van der Waals surface area contributed by atoms with Crippen molar-refractivity contribution in [3.8, 4) is 0 Å². The average molecular weight is 178 g/mol. The summed E-state index contributed by atoms with van der Waals surface area (Å²) in [7, 11) is 0. The fourth-order valence-electron chi connectivity index (χ4n) is 1.80. The highest BCUT2D eigenvalue weighted by Crippen LogP contribution is 2.27. The Kier molecular flexibility index (Phi) is 2.21. The van der Waals surface area contributed by atoms with Gasteiger partial charge >= 0.3 is 0 Å². The van der Waals surface area contributed by atoms with Crippen LogP contribution in [-0.4, -0.2) is 12.8 Å². The summed E-state index contributed by atoms with van der Waals surface area (Å²) in [6.45, 7) is 2.82. The lowest BCUT2D eigenvalue weighted by atomic mass is 10.2. The van der Waals surface area contributed by atoms with Crippen LogP contribution in [0.1, 0.15) is 18.4 Å². The number of aryl methyl sites for hydroxylation is 1. The van der Waals surface area contributed by atoms with Crippen molar-refractivity contribution in [2.75, 3.05) is 11.4 Å². The SMILES string of the molecule is Cc1ccc[c]c1N1CCCC1F. The molecule has 1 aromatic rings. The molecule has 1 saturated heterocycles. The van der Waals surface area contributed by atoms with Crippen molar-refractivity contribution in [1.29, 1.82) is 0 Å². The number of nitrogens with zero attached hydrogens (tertiary/aromatic N) is 1. The third kappa shape index (κ3) is 1.53. The third-order valence-electron chi connectivity index (χ3n) is 2.50. The third-order valence-corrected chi connectivity index (χ3v) is 2.50. The van der Waals surface area contributed by atoms with Gasteiger partial charge in [0.15, 0.2) is 6.30 Å². The molecule has 1 radical (unpaired) electrons. The Balaban J connectivity index is 2.29. The van der Waals surface area contributed by atoms with Crippen LogP contribution in [-0.2, 0) is 0 Å². The summed E-state index contributed by atoms with van der Waals surface area (Å²) < 4.78 is 13.4. The fraction of sp³-hybridized carbons (Fsp3) is 0.455. The minimum absolute atomic E-state index is 0.655. The lowest BCUT2D eigenvalue weighted by Gasteiger charge is -2.22. The molecule has 1 heterocycles. The van der Waals surface area contributed by atoms with Crippen LogP contribution in [0.3, 0.4) is 0 Å². The highest BCUT2D eigenvalue weighted by molar-refractivity contribution is 5.52. The summed E-state index contributed by atoms with van der Waals surface area (Å²) in [6, 6.07) is 8.87. The molecule has 1 aliphatic rings. The maximum absolute atomic E-state index is 13.4. The Morgan fingerprint density at radius 1 is 1.62 bits per heavy atom. The van der Waals surface area contributed by atoms with E-state index in [1.54, 1.807) is 4.90 Å². The second kappa shape index (κ2) is 3.36. The lowest BCUT2D eigenvalue weighted by Crippen LogP contribution is -2.25. The standard InChI is InChI=1S/C11H13FN/c1-9-5-2-3-6-10(9)13-8-4-7-11(13)12/h2-3,5,11H,4,7-8H2,1H3. The number of para-hydroxylation sites is 1. The lowest BCUT2D eigenvalue weighted by molar-refractivity contribution is 0.345. The van der Waals surface area contributed by atoms with Gasteiger partial charge < -0.3 is 4.90 Å². The summed E-state index contributed by atoms with van der Waals surface area (Å²) in [5.41, 5.74) is 2.03. The second-order valence-electron chi connectivity index (χ2n) is 3.47. The first-order chi connectivity index (χ1) is 6.29. The van der Waals surface area contributed by atoms with Gasteiger partial charge in [0.2, 0.25) is 0 Å². The Labute approximate surface area is 78.2 Å². The molecular weight excluding hydrogens is 165 g/mol. The van der Waals surface area contributed by atoms with E-state index in [2.05, 4.69) is 6.07 Å². The summed E-state index contributed by atoms with van der Waals surface area (Å²) in [4.78, 5) is 1.80. The predicted octanol–water partition coefficient (Wildman–Crippen LogP) is 2.69. The summed E-state index contributed by atoms with van der Waals surface area (Å²) in [5, 5.41) is 0. The highest BCUT2D eigenvalue weighted by atomic mass is 19.1. The van der Waals surface area contributed by atoms with E-state index in [-0.39, 0.29) is 0 Å². The maximum Gasteiger partial charge on any atom is 0.172 e. The van der Waals surface area contributed by atoms with Crippen molar-refractivity contribution in [3.05, 3.63) is 29.8 Å². The number of halogens is 1. The molecule has 0 aromatic heterocycles. The predicted molar refractivity (Wildman–Crippen MR) is 51.5 cm³/mol. The normalized spacial score (nSPS) is 22.3. The van der Waals surface area contributed by atoms with Crippen molar-refractivity contribution in [2.24, 2.45) is 0 Å². The fourth-order valence-corrected chi connectivity index (χ4v) is 1.80. The summed E-state index contributed by atoms with van der Waals surface area (Å²) in [5.74, 6) is 0. The Morgan fingerprint density at radius 2 is 2.46 bits per heavy atom. The Morgan fingerprint density at radius 3 is 3.08 bits per heavy atom. The molecule has 0 N–H and O–H groups in total. The zero-order valence-corrected chi connectivity index (χ0v) is 7.76. The van der Waals surface area contributed by atoms with Gasteiger partial charge in [0.1, 0.15) is 0 Å². The van der Waals surface area contributed by atoms with Crippen LogP contribution in [0, 0.1) is 13.0 Å². The topological polar surface area (TPSA) is 3.24 Å². The van der Waals surface area contributed by atoms with Crippen LogP contribution in [0.25, 0.3) is 0 Å². The van der Waals surface area contributed by atoms with Crippen LogP contribution >= 0.6 is 0 Å². The van der Waals surface area contributed by atoms with E-state index in [1.165, 1.54) is 0 Å². The van der Waals surface area contributed by atoms with E-state index in [0.717, 1.165) is 24.2 Å². The Hall–Kier alpha value is -1.05. The summed E-state index contributed by atoms with van der Waals surface area (Å²) in [6.07, 6.45) is 0.795. The molecule has 2 rings (SSSR count). The zero-order chi connectivity index (χ0) is 9.26. The zero-order valence-electron chi connectivity index (χ0n) is 7.76. The molecular formula is C11H13FN. The van der Waals surface area contributed by atoms with Gasteiger partial charge in [-0.2, -0.15) is 0 Å². The smallest absolute Gasteiger partial charge is 0.172 e. The summed E-state index contributed by atoms with van der Waals surface area (Å²) >= 11 is 0. The minimum atomic E-state index is -0.808. The number of benzene rings is 1.